The molecule has 7 nitrogen and oxygen atoms in total. The van der Waals surface area contributed by atoms with Crippen LogP contribution in [0.25, 0.3) is 0 Å². The van der Waals surface area contributed by atoms with Crippen LogP contribution in [0.5, 0.6) is 5.75 Å². The first-order valence-electron chi connectivity index (χ1n) is 11.0. The molecule has 3 rings (SSSR count). The summed E-state index contributed by atoms with van der Waals surface area (Å²) in [6, 6.07) is 11.9. The van der Waals surface area contributed by atoms with Crippen LogP contribution in [-0.4, -0.2) is 66.6 Å². The fraction of sp³-hybridized carbons (Fsp3) is 0.375. The van der Waals surface area contributed by atoms with Crippen LogP contribution in [0.15, 0.2) is 42.5 Å². The van der Waals surface area contributed by atoms with Crippen LogP contribution in [0.1, 0.15) is 40.5 Å². The predicted molar refractivity (Wildman–Crippen MR) is 135 cm³/mol. The van der Waals surface area contributed by atoms with E-state index in [9.17, 15) is 9.59 Å². The molecule has 1 heterocycles. The summed E-state index contributed by atoms with van der Waals surface area (Å²) in [7, 11) is 2.04. The van der Waals surface area contributed by atoms with Gasteiger partial charge in [0, 0.05) is 37.3 Å². The highest BCUT2D eigenvalue weighted by atomic mass is 35.5. The number of anilines is 1. The van der Waals surface area contributed by atoms with Gasteiger partial charge in [0.2, 0.25) is 0 Å². The van der Waals surface area contributed by atoms with Crippen molar-refractivity contribution >= 4 is 46.4 Å². The lowest BCUT2D eigenvalue weighted by molar-refractivity contribution is 0.0664. The van der Waals surface area contributed by atoms with Gasteiger partial charge >= 0.3 is 0 Å². The summed E-state index contributed by atoms with van der Waals surface area (Å²) >= 11 is 11.6. The van der Waals surface area contributed by atoms with E-state index in [0.29, 0.717) is 47.3 Å². The van der Waals surface area contributed by atoms with E-state index >= 15 is 0 Å². The van der Waals surface area contributed by atoms with Crippen molar-refractivity contribution in [3.8, 4) is 5.75 Å². The van der Waals surface area contributed by atoms with Gasteiger partial charge in [0.25, 0.3) is 11.8 Å². The molecule has 1 aliphatic rings. The number of hydrogen-bond acceptors (Lipinski definition) is 5. The van der Waals surface area contributed by atoms with Gasteiger partial charge in [-0.15, -0.1) is 0 Å². The first-order valence-corrected chi connectivity index (χ1v) is 11.8. The second kappa shape index (κ2) is 12.0. The molecule has 1 fully saturated rings. The average Bonchev–Trinajstić information content (AvgIpc) is 2.81. The third kappa shape index (κ3) is 7.15. The summed E-state index contributed by atoms with van der Waals surface area (Å²) < 4.78 is 5.66. The van der Waals surface area contributed by atoms with E-state index in [4.69, 9.17) is 28.6 Å². The molecule has 33 heavy (non-hydrogen) atoms. The summed E-state index contributed by atoms with van der Waals surface area (Å²) in [5.74, 6) is 0.208. The molecular formula is C24H29ClN4O3S. The van der Waals surface area contributed by atoms with Crippen molar-refractivity contribution in [3.63, 3.8) is 0 Å². The Kier molecular flexibility index (Phi) is 9.05. The lowest BCUT2D eigenvalue weighted by atomic mass is 10.1. The molecule has 9 heteroatoms. The van der Waals surface area contributed by atoms with Gasteiger partial charge in [-0.2, -0.15) is 0 Å². The van der Waals surface area contributed by atoms with Gasteiger partial charge in [-0.3, -0.25) is 14.9 Å². The zero-order valence-electron chi connectivity index (χ0n) is 18.9. The predicted octanol–water partition coefficient (Wildman–Crippen LogP) is 4.03. The lowest BCUT2D eigenvalue weighted by Gasteiger charge is -2.32. The number of hydrogen-bond donors (Lipinski definition) is 2. The minimum Gasteiger partial charge on any atom is -0.494 e. The van der Waals surface area contributed by atoms with Crippen LogP contribution in [0.4, 0.5) is 5.69 Å². The Bertz CT molecular complexity index is 1010. The monoisotopic (exact) mass is 488 g/mol. The second-order valence-corrected chi connectivity index (χ2v) is 8.74. The van der Waals surface area contributed by atoms with Crippen molar-refractivity contribution in [3.05, 3.63) is 58.6 Å². The maximum atomic E-state index is 12.9. The van der Waals surface area contributed by atoms with Crippen LogP contribution in [-0.2, 0) is 0 Å². The van der Waals surface area contributed by atoms with Crippen LogP contribution in [0.2, 0.25) is 5.02 Å². The maximum Gasteiger partial charge on any atom is 0.257 e. The van der Waals surface area contributed by atoms with Crippen LogP contribution in [0, 0.1) is 0 Å². The van der Waals surface area contributed by atoms with E-state index < -0.39 is 0 Å². The number of piperazine rings is 1. The Balaban J connectivity index is 1.62. The molecule has 1 aliphatic heterocycles. The van der Waals surface area contributed by atoms with Crippen molar-refractivity contribution < 1.29 is 14.3 Å². The second-order valence-electron chi connectivity index (χ2n) is 7.93. The number of thiocarbonyl (C=S) groups is 1. The van der Waals surface area contributed by atoms with E-state index in [-0.39, 0.29) is 16.9 Å². The number of nitrogens with one attached hydrogen (secondary N) is 2. The van der Waals surface area contributed by atoms with Crippen molar-refractivity contribution in [2.45, 2.75) is 19.8 Å². The molecule has 0 atom stereocenters. The van der Waals surface area contributed by atoms with Crippen LogP contribution in [0.3, 0.4) is 0 Å². The third-order valence-electron chi connectivity index (χ3n) is 5.34. The number of ether oxygens (including phenoxy) is 1. The standard InChI is InChI=1S/C24H29ClN4O3S/c1-3-4-14-32-19-7-5-6-17(15-19)22(30)27-24(33)26-21-16-18(8-9-20(21)25)23(31)29-12-10-28(2)11-13-29/h5-9,15-16H,3-4,10-14H2,1-2H3,(H2,26,27,30,33). The summed E-state index contributed by atoms with van der Waals surface area (Å²) in [6.07, 6.45) is 1.98. The molecule has 1 saturated heterocycles. The molecule has 2 N–H and O–H groups in total. The van der Waals surface area contributed by atoms with Crippen molar-refractivity contribution in [2.75, 3.05) is 45.2 Å². The Morgan fingerprint density at radius 2 is 1.85 bits per heavy atom. The molecule has 0 aliphatic carbocycles. The number of likely N-dealkylation sites (N-methyl/N-ethyl adjacent to an activating group) is 1. The Hall–Kier alpha value is -2.68. The highest BCUT2D eigenvalue weighted by molar-refractivity contribution is 7.80. The minimum absolute atomic E-state index is 0.0577. The van der Waals surface area contributed by atoms with E-state index in [0.717, 1.165) is 25.9 Å². The number of carbonyl (C=O) groups is 2. The highest BCUT2D eigenvalue weighted by Crippen LogP contribution is 2.24. The van der Waals surface area contributed by atoms with Crippen molar-refractivity contribution in [1.29, 1.82) is 0 Å². The zero-order valence-corrected chi connectivity index (χ0v) is 20.5. The summed E-state index contributed by atoms with van der Waals surface area (Å²) in [5.41, 5.74) is 1.40. The molecule has 0 unspecified atom stereocenters. The zero-order chi connectivity index (χ0) is 23.8. The number of benzene rings is 2. The fourth-order valence-corrected chi connectivity index (χ4v) is 3.70. The average molecular weight is 489 g/mol. The first kappa shape index (κ1) is 25.0. The van der Waals surface area contributed by atoms with E-state index in [1.807, 2.05) is 18.0 Å². The lowest BCUT2D eigenvalue weighted by Crippen LogP contribution is -2.47. The third-order valence-corrected chi connectivity index (χ3v) is 5.88. The fourth-order valence-electron chi connectivity index (χ4n) is 3.34. The van der Waals surface area contributed by atoms with Crippen molar-refractivity contribution in [1.82, 2.24) is 15.1 Å². The van der Waals surface area contributed by atoms with Crippen LogP contribution < -0.4 is 15.4 Å². The molecule has 176 valence electrons. The Labute approximate surface area is 205 Å². The molecule has 0 spiro atoms. The molecule has 2 aromatic carbocycles. The quantitative estimate of drug-likeness (QED) is 0.452. The van der Waals surface area contributed by atoms with Gasteiger partial charge in [0.1, 0.15) is 5.75 Å². The number of unbranched alkanes of at least 4 members (excludes halogenated alkanes) is 1. The molecule has 0 radical (unpaired) electrons. The first-order chi connectivity index (χ1) is 15.9. The van der Waals surface area contributed by atoms with Crippen LogP contribution >= 0.6 is 23.8 Å². The van der Waals surface area contributed by atoms with E-state index in [2.05, 4.69) is 22.5 Å². The largest absolute Gasteiger partial charge is 0.494 e. The van der Waals surface area contributed by atoms with Gasteiger partial charge in [-0.1, -0.05) is 31.0 Å². The summed E-state index contributed by atoms with van der Waals surface area (Å²) in [5, 5.41) is 6.06. The van der Waals surface area contributed by atoms with Crippen molar-refractivity contribution in [2.24, 2.45) is 0 Å². The normalized spacial score (nSPS) is 14.0. The number of nitrogens with zero attached hydrogens (tertiary/aromatic N) is 2. The molecule has 2 amide bonds. The number of halogens is 1. The summed E-state index contributed by atoms with van der Waals surface area (Å²) in [4.78, 5) is 29.5. The SMILES string of the molecule is CCCCOc1cccc(C(=O)NC(=S)Nc2cc(C(=O)N3CCN(C)CC3)ccc2Cl)c1. The smallest absolute Gasteiger partial charge is 0.257 e. The topological polar surface area (TPSA) is 73.9 Å². The molecule has 0 saturated carbocycles. The van der Waals surface area contributed by atoms with E-state index in [1.165, 1.54) is 0 Å². The molecule has 0 aromatic heterocycles. The molecule has 2 aromatic rings. The van der Waals surface area contributed by atoms with Gasteiger partial charge < -0.3 is 19.9 Å². The van der Waals surface area contributed by atoms with Gasteiger partial charge in [0.05, 0.1) is 17.3 Å². The van der Waals surface area contributed by atoms with E-state index in [1.54, 1.807) is 36.4 Å². The maximum absolute atomic E-state index is 12.9. The number of carbonyl (C=O) groups excluding carboxylic acids is 2. The highest BCUT2D eigenvalue weighted by Gasteiger charge is 2.21. The summed E-state index contributed by atoms with van der Waals surface area (Å²) in [6.45, 7) is 5.72. The van der Waals surface area contributed by atoms with Gasteiger partial charge in [0.15, 0.2) is 5.11 Å². The van der Waals surface area contributed by atoms with Gasteiger partial charge in [-0.25, -0.2) is 0 Å². The number of rotatable bonds is 7. The minimum atomic E-state index is -0.366. The molecular weight excluding hydrogens is 460 g/mol. The Morgan fingerprint density at radius 3 is 2.58 bits per heavy atom. The van der Waals surface area contributed by atoms with Gasteiger partial charge in [-0.05, 0) is 62.1 Å². The Morgan fingerprint density at radius 1 is 1.09 bits per heavy atom. The number of amides is 2. The molecule has 0 bridgehead atoms.